The Hall–Kier alpha value is -2.34. The Morgan fingerprint density at radius 3 is 2.68 bits per heavy atom. The van der Waals surface area contributed by atoms with Crippen molar-refractivity contribution >= 4 is 5.91 Å². The minimum Gasteiger partial charge on any atom is -0.497 e. The molecule has 2 aromatic rings. The molecule has 1 aromatic heterocycles. The van der Waals surface area contributed by atoms with Gasteiger partial charge in [0.1, 0.15) is 5.75 Å². The smallest absolute Gasteiger partial charge is 0.253 e. The van der Waals surface area contributed by atoms with E-state index < -0.39 is 0 Å². The summed E-state index contributed by atoms with van der Waals surface area (Å²) in [6.45, 7) is 5.65. The van der Waals surface area contributed by atoms with E-state index >= 15 is 0 Å². The molecule has 1 saturated heterocycles. The van der Waals surface area contributed by atoms with Gasteiger partial charge in [0, 0.05) is 44.1 Å². The number of benzene rings is 1. The van der Waals surface area contributed by atoms with Gasteiger partial charge in [-0.05, 0) is 50.2 Å². The maximum Gasteiger partial charge on any atom is 0.253 e. The van der Waals surface area contributed by atoms with Crippen LogP contribution >= 0.6 is 0 Å². The quantitative estimate of drug-likeness (QED) is 0.807. The van der Waals surface area contributed by atoms with Crippen molar-refractivity contribution in [3.8, 4) is 5.75 Å². The Bertz CT molecular complexity index is 655. The van der Waals surface area contributed by atoms with Crippen LogP contribution in [0.5, 0.6) is 5.75 Å². The molecule has 0 N–H and O–H groups in total. The molecular formula is C19H26N4O2. The Morgan fingerprint density at radius 1 is 1.12 bits per heavy atom. The number of rotatable bonds is 6. The van der Waals surface area contributed by atoms with Gasteiger partial charge in [-0.1, -0.05) is 0 Å². The summed E-state index contributed by atoms with van der Waals surface area (Å²) in [4.78, 5) is 21.2. The van der Waals surface area contributed by atoms with Crippen molar-refractivity contribution in [2.24, 2.45) is 0 Å². The zero-order valence-corrected chi connectivity index (χ0v) is 14.8. The average molecular weight is 342 g/mol. The Morgan fingerprint density at radius 2 is 1.96 bits per heavy atom. The van der Waals surface area contributed by atoms with Gasteiger partial charge in [0.15, 0.2) is 0 Å². The third-order valence-corrected chi connectivity index (χ3v) is 4.66. The lowest BCUT2D eigenvalue weighted by Gasteiger charge is -2.22. The summed E-state index contributed by atoms with van der Waals surface area (Å²) in [5.74, 6) is 0.888. The van der Waals surface area contributed by atoms with Crippen molar-refractivity contribution in [3.05, 3.63) is 48.5 Å². The zero-order valence-electron chi connectivity index (χ0n) is 14.8. The van der Waals surface area contributed by atoms with E-state index in [1.54, 1.807) is 7.11 Å². The second-order valence-electron chi connectivity index (χ2n) is 6.37. The van der Waals surface area contributed by atoms with Crippen LogP contribution in [0.25, 0.3) is 0 Å². The average Bonchev–Trinajstić information content (AvgIpc) is 3.06. The first-order valence-electron chi connectivity index (χ1n) is 8.87. The number of imidazole rings is 1. The molecule has 6 heteroatoms. The summed E-state index contributed by atoms with van der Waals surface area (Å²) in [7, 11) is 1.63. The highest BCUT2D eigenvalue weighted by atomic mass is 16.5. The number of aromatic nitrogens is 2. The van der Waals surface area contributed by atoms with E-state index in [1.807, 2.05) is 47.9 Å². The number of hydrogen-bond donors (Lipinski definition) is 0. The standard InChI is InChI=1S/C19H26N4O2/c1-25-18-6-4-17(5-7-18)19(24)23-12-3-10-21(14-15-23)9-2-11-22-13-8-20-16-22/h4-8,13,16H,2-3,9-12,14-15H2,1H3. The van der Waals surface area contributed by atoms with Gasteiger partial charge >= 0.3 is 0 Å². The fourth-order valence-corrected chi connectivity index (χ4v) is 3.21. The number of nitrogens with zero attached hydrogens (tertiary/aromatic N) is 4. The Labute approximate surface area is 149 Å². The lowest BCUT2D eigenvalue weighted by molar-refractivity contribution is 0.0761. The van der Waals surface area contributed by atoms with Crippen LogP contribution in [-0.4, -0.2) is 65.1 Å². The first-order valence-corrected chi connectivity index (χ1v) is 8.87. The van der Waals surface area contributed by atoms with Crippen LogP contribution in [-0.2, 0) is 6.54 Å². The monoisotopic (exact) mass is 342 g/mol. The predicted molar refractivity (Wildman–Crippen MR) is 96.8 cm³/mol. The molecule has 0 radical (unpaired) electrons. The molecule has 0 aliphatic carbocycles. The van der Waals surface area contributed by atoms with Gasteiger partial charge in [0.25, 0.3) is 5.91 Å². The maximum atomic E-state index is 12.7. The van der Waals surface area contributed by atoms with Gasteiger partial charge in [-0.15, -0.1) is 0 Å². The molecule has 0 bridgehead atoms. The normalized spacial score (nSPS) is 15.8. The first kappa shape index (κ1) is 17.5. The number of carbonyl (C=O) groups is 1. The van der Waals surface area contributed by atoms with Gasteiger partial charge in [0.05, 0.1) is 13.4 Å². The molecule has 0 spiro atoms. The summed E-state index contributed by atoms with van der Waals surface area (Å²) >= 11 is 0. The minimum absolute atomic E-state index is 0.114. The fourth-order valence-electron chi connectivity index (χ4n) is 3.21. The molecule has 1 aliphatic heterocycles. The molecule has 2 heterocycles. The van der Waals surface area contributed by atoms with Crippen molar-refractivity contribution in [1.29, 1.82) is 0 Å². The van der Waals surface area contributed by atoms with Crippen molar-refractivity contribution in [2.75, 3.05) is 39.8 Å². The summed E-state index contributed by atoms with van der Waals surface area (Å²) in [5.41, 5.74) is 0.731. The molecule has 0 unspecified atom stereocenters. The molecular weight excluding hydrogens is 316 g/mol. The van der Waals surface area contributed by atoms with E-state index in [0.717, 1.165) is 63.4 Å². The topological polar surface area (TPSA) is 50.6 Å². The van der Waals surface area contributed by atoms with Crippen LogP contribution in [0, 0.1) is 0 Å². The van der Waals surface area contributed by atoms with Crippen LogP contribution in [0.4, 0.5) is 0 Å². The molecule has 134 valence electrons. The molecule has 1 amide bonds. The van der Waals surface area contributed by atoms with Crippen LogP contribution in [0.3, 0.4) is 0 Å². The molecule has 25 heavy (non-hydrogen) atoms. The van der Waals surface area contributed by atoms with E-state index in [0.29, 0.717) is 0 Å². The number of amides is 1. The predicted octanol–water partition coefficient (Wildman–Crippen LogP) is 2.13. The highest BCUT2D eigenvalue weighted by Crippen LogP contribution is 2.14. The summed E-state index contributed by atoms with van der Waals surface area (Å²) in [6.07, 6.45) is 7.79. The maximum absolute atomic E-state index is 12.7. The van der Waals surface area contributed by atoms with Crippen LogP contribution < -0.4 is 4.74 Å². The van der Waals surface area contributed by atoms with E-state index in [4.69, 9.17) is 4.74 Å². The second kappa shape index (κ2) is 8.67. The van der Waals surface area contributed by atoms with Crippen molar-refractivity contribution < 1.29 is 9.53 Å². The molecule has 3 rings (SSSR count). The van der Waals surface area contributed by atoms with Gasteiger partial charge in [-0.2, -0.15) is 0 Å². The van der Waals surface area contributed by atoms with Gasteiger partial charge < -0.3 is 19.1 Å². The van der Waals surface area contributed by atoms with Crippen molar-refractivity contribution in [1.82, 2.24) is 19.4 Å². The van der Waals surface area contributed by atoms with Crippen LogP contribution in [0.2, 0.25) is 0 Å². The molecule has 6 nitrogen and oxygen atoms in total. The van der Waals surface area contributed by atoms with Crippen molar-refractivity contribution in [2.45, 2.75) is 19.4 Å². The van der Waals surface area contributed by atoms with Crippen LogP contribution in [0.1, 0.15) is 23.2 Å². The zero-order chi connectivity index (χ0) is 17.5. The third-order valence-electron chi connectivity index (χ3n) is 4.66. The van der Waals surface area contributed by atoms with Crippen molar-refractivity contribution in [3.63, 3.8) is 0 Å². The number of methoxy groups -OCH3 is 1. The van der Waals surface area contributed by atoms with Gasteiger partial charge in [-0.25, -0.2) is 4.98 Å². The highest BCUT2D eigenvalue weighted by Gasteiger charge is 2.20. The second-order valence-corrected chi connectivity index (χ2v) is 6.37. The largest absolute Gasteiger partial charge is 0.497 e. The SMILES string of the molecule is COc1ccc(C(=O)N2CCCN(CCCn3ccnc3)CC2)cc1. The summed E-state index contributed by atoms with van der Waals surface area (Å²) in [5, 5.41) is 0. The lowest BCUT2D eigenvalue weighted by atomic mass is 10.2. The summed E-state index contributed by atoms with van der Waals surface area (Å²) in [6, 6.07) is 7.37. The Kier molecular flexibility index (Phi) is 6.06. The van der Waals surface area contributed by atoms with E-state index in [2.05, 4.69) is 14.5 Å². The minimum atomic E-state index is 0.114. The molecule has 1 aromatic carbocycles. The summed E-state index contributed by atoms with van der Waals surface area (Å²) < 4.78 is 7.26. The molecule has 1 aliphatic rings. The van der Waals surface area contributed by atoms with Gasteiger partial charge in [-0.3, -0.25) is 4.79 Å². The molecule has 1 fully saturated rings. The molecule has 0 saturated carbocycles. The molecule has 0 atom stereocenters. The third kappa shape index (κ3) is 4.82. The lowest BCUT2D eigenvalue weighted by Crippen LogP contribution is -2.35. The van der Waals surface area contributed by atoms with E-state index in [9.17, 15) is 4.79 Å². The number of hydrogen-bond acceptors (Lipinski definition) is 4. The number of aryl methyl sites for hydroxylation is 1. The number of ether oxygens (including phenoxy) is 1. The highest BCUT2D eigenvalue weighted by molar-refractivity contribution is 5.94. The number of carbonyl (C=O) groups excluding carboxylic acids is 1. The Balaban J connectivity index is 1.47. The first-order chi connectivity index (χ1) is 12.3. The fraction of sp³-hybridized carbons (Fsp3) is 0.474. The van der Waals surface area contributed by atoms with Crippen LogP contribution in [0.15, 0.2) is 43.0 Å². The van der Waals surface area contributed by atoms with E-state index in [-0.39, 0.29) is 5.91 Å². The van der Waals surface area contributed by atoms with Gasteiger partial charge in [0.2, 0.25) is 0 Å². The van der Waals surface area contributed by atoms with E-state index in [1.165, 1.54) is 0 Å².